The van der Waals surface area contributed by atoms with Crippen molar-refractivity contribution in [3.05, 3.63) is 63.3 Å². The van der Waals surface area contributed by atoms with Gasteiger partial charge in [0, 0.05) is 24.0 Å². The second-order valence-electron chi connectivity index (χ2n) is 6.97. The van der Waals surface area contributed by atoms with Crippen molar-refractivity contribution >= 4 is 5.97 Å². The number of aryl methyl sites for hydroxylation is 2. The van der Waals surface area contributed by atoms with Crippen LogP contribution >= 0.6 is 0 Å². The van der Waals surface area contributed by atoms with Crippen LogP contribution in [0.3, 0.4) is 0 Å². The third kappa shape index (κ3) is 6.42. The second kappa shape index (κ2) is 9.69. The fourth-order valence-electron chi connectivity index (χ4n) is 3.21. The molecule has 2 aromatic rings. The summed E-state index contributed by atoms with van der Waals surface area (Å²) in [5.74, 6) is -2.76. The summed E-state index contributed by atoms with van der Waals surface area (Å²) >= 11 is 0. The standard InChI is InChI=1S/C18H23N3O.C2HF3O2/c1-13-11-15(18(22)20-14(13)2)12-21-10-6-4-8-17(21)16-7-3-5-9-19-16;3-2(4,5)1(6)7/h3,5,7,9,11,17H,4,6,8,10,12H2,1-2H3,(H,20,22);(H,6,7). The molecule has 0 spiro atoms. The molecule has 158 valence electrons. The van der Waals surface area contributed by atoms with E-state index in [-0.39, 0.29) is 5.56 Å². The number of pyridine rings is 2. The average molecular weight is 411 g/mol. The van der Waals surface area contributed by atoms with E-state index in [1.54, 1.807) is 0 Å². The average Bonchev–Trinajstić information content (AvgIpc) is 2.67. The monoisotopic (exact) mass is 411 g/mol. The Hall–Kier alpha value is -2.68. The summed E-state index contributed by atoms with van der Waals surface area (Å²) in [5, 5.41) is 7.12. The number of aromatic nitrogens is 2. The van der Waals surface area contributed by atoms with Gasteiger partial charge < -0.3 is 10.1 Å². The molecular formula is C20H24F3N3O3. The topological polar surface area (TPSA) is 86.3 Å². The third-order valence-corrected chi connectivity index (χ3v) is 4.83. The van der Waals surface area contributed by atoms with Crippen LogP contribution in [0, 0.1) is 13.8 Å². The van der Waals surface area contributed by atoms with Crippen molar-refractivity contribution in [2.75, 3.05) is 6.54 Å². The first-order chi connectivity index (χ1) is 13.6. The Morgan fingerprint density at radius 3 is 2.59 bits per heavy atom. The molecule has 0 aromatic carbocycles. The summed E-state index contributed by atoms with van der Waals surface area (Å²) in [6, 6.07) is 8.42. The van der Waals surface area contributed by atoms with Crippen LogP contribution in [0.5, 0.6) is 0 Å². The third-order valence-electron chi connectivity index (χ3n) is 4.83. The molecule has 9 heteroatoms. The minimum atomic E-state index is -5.08. The van der Waals surface area contributed by atoms with E-state index in [4.69, 9.17) is 9.90 Å². The SMILES string of the molecule is Cc1cc(CN2CCCCC2c2ccccn2)c(=O)[nH]c1C.O=C(O)C(F)(F)F. The van der Waals surface area contributed by atoms with Gasteiger partial charge in [-0.1, -0.05) is 12.5 Å². The van der Waals surface area contributed by atoms with Crippen molar-refractivity contribution in [2.45, 2.75) is 51.9 Å². The number of aromatic amines is 1. The number of aliphatic carboxylic acids is 1. The number of likely N-dealkylation sites (tertiary alicyclic amines) is 1. The van der Waals surface area contributed by atoms with E-state index in [9.17, 15) is 18.0 Å². The van der Waals surface area contributed by atoms with Gasteiger partial charge in [0.15, 0.2) is 0 Å². The molecule has 1 saturated heterocycles. The number of halogens is 3. The van der Waals surface area contributed by atoms with E-state index in [1.807, 2.05) is 38.2 Å². The van der Waals surface area contributed by atoms with E-state index in [0.29, 0.717) is 12.6 Å². The van der Waals surface area contributed by atoms with Gasteiger partial charge in [-0.3, -0.25) is 14.7 Å². The zero-order chi connectivity index (χ0) is 21.6. The van der Waals surface area contributed by atoms with Crippen molar-refractivity contribution in [2.24, 2.45) is 0 Å². The molecule has 0 bridgehead atoms. The minimum Gasteiger partial charge on any atom is -0.475 e. The van der Waals surface area contributed by atoms with Gasteiger partial charge in [-0.25, -0.2) is 4.79 Å². The van der Waals surface area contributed by atoms with Crippen LogP contribution in [-0.2, 0) is 11.3 Å². The van der Waals surface area contributed by atoms with Crippen LogP contribution in [0.4, 0.5) is 13.2 Å². The maximum absolute atomic E-state index is 12.2. The van der Waals surface area contributed by atoms with E-state index < -0.39 is 12.1 Å². The number of hydrogen-bond acceptors (Lipinski definition) is 4. The molecule has 2 N–H and O–H groups in total. The molecule has 1 atom stereocenters. The molecule has 1 aliphatic heterocycles. The number of nitrogens with zero attached hydrogens (tertiary/aromatic N) is 2. The Kier molecular flexibility index (Phi) is 7.55. The highest BCUT2D eigenvalue weighted by molar-refractivity contribution is 5.73. The lowest BCUT2D eigenvalue weighted by Gasteiger charge is -2.35. The molecule has 29 heavy (non-hydrogen) atoms. The lowest BCUT2D eigenvalue weighted by molar-refractivity contribution is -0.192. The summed E-state index contributed by atoms with van der Waals surface area (Å²) in [7, 11) is 0. The number of alkyl halides is 3. The molecule has 3 rings (SSSR count). The van der Waals surface area contributed by atoms with E-state index >= 15 is 0 Å². The molecule has 6 nitrogen and oxygen atoms in total. The summed E-state index contributed by atoms with van der Waals surface area (Å²) in [6.07, 6.45) is 0.290. The fourth-order valence-corrected chi connectivity index (χ4v) is 3.21. The Balaban J connectivity index is 0.000000370. The fraction of sp³-hybridized carbons (Fsp3) is 0.450. The van der Waals surface area contributed by atoms with Crippen LogP contribution in [0.25, 0.3) is 0 Å². The first-order valence-corrected chi connectivity index (χ1v) is 9.24. The zero-order valence-electron chi connectivity index (χ0n) is 16.3. The van der Waals surface area contributed by atoms with E-state index in [2.05, 4.69) is 20.9 Å². The predicted molar refractivity (Wildman–Crippen MR) is 101 cm³/mol. The number of carboxylic acid groups (broad SMARTS) is 1. The van der Waals surface area contributed by atoms with Gasteiger partial charge in [-0.05, 0) is 57.0 Å². The zero-order valence-corrected chi connectivity index (χ0v) is 16.3. The summed E-state index contributed by atoms with van der Waals surface area (Å²) < 4.78 is 31.7. The van der Waals surface area contributed by atoms with Gasteiger partial charge in [0.05, 0.1) is 11.7 Å². The summed E-state index contributed by atoms with van der Waals surface area (Å²) in [4.78, 5) is 31.0. The molecule has 0 amide bonds. The van der Waals surface area contributed by atoms with Gasteiger partial charge in [-0.15, -0.1) is 0 Å². The van der Waals surface area contributed by atoms with Gasteiger partial charge in [0.1, 0.15) is 0 Å². The molecule has 1 fully saturated rings. The first-order valence-electron chi connectivity index (χ1n) is 9.24. The smallest absolute Gasteiger partial charge is 0.475 e. The number of carboxylic acids is 1. The van der Waals surface area contributed by atoms with Crippen molar-refractivity contribution in [3.8, 4) is 0 Å². The Morgan fingerprint density at radius 1 is 1.31 bits per heavy atom. The van der Waals surface area contributed by atoms with Gasteiger partial charge >= 0.3 is 12.1 Å². The largest absolute Gasteiger partial charge is 0.490 e. The molecule has 0 aliphatic carbocycles. The first kappa shape index (κ1) is 22.6. The number of carbonyl (C=O) groups is 1. The maximum Gasteiger partial charge on any atom is 0.490 e. The number of rotatable bonds is 3. The van der Waals surface area contributed by atoms with E-state index in [1.165, 1.54) is 12.8 Å². The molecular weight excluding hydrogens is 387 g/mol. The van der Waals surface area contributed by atoms with E-state index in [0.717, 1.165) is 35.5 Å². The Bertz CT molecular complexity index is 882. The highest BCUT2D eigenvalue weighted by atomic mass is 19.4. The van der Waals surface area contributed by atoms with Crippen LogP contribution in [0.1, 0.15) is 47.8 Å². The molecule has 2 aromatic heterocycles. The van der Waals surface area contributed by atoms with Gasteiger partial charge in [0.2, 0.25) is 0 Å². The molecule has 3 heterocycles. The summed E-state index contributed by atoms with van der Waals surface area (Å²) in [5.41, 5.74) is 4.09. The quantitative estimate of drug-likeness (QED) is 0.804. The highest BCUT2D eigenvalue weighted by Crippen LogP contribution is 2.30. The molecule has 0 saturated carbocycles. The van der Waals surface area contributed by atoms with Gasteiger partial charge in [0.25, 0.3) is 5.56 Å². The van der Waals surface area contributed by atoms with Crippen molar-refractivity contribution in [1.82, 2.24) is 14.9 Å². The van der Waals surface area contributed by atoms with Crippen molar-refractivity contribution in [3.63, 3.8) is 0 Å². The lowest BCUT2D eigenvalue weighted by Crippen LogP contribution is -2.35. The highest BCUT2D eigenvalue weighted by Gasteiger charge is 2.38. The normalized spacial score (nSPS) is 17.3. The second-order valence-corrected chi connectivity index (χ2v) is 6.97. The van der Waals surface area contributed by atoms with Crippen molar-refractivity contribution < 1.29 is 23.1 Å². The van der Waals surface area contributed by atoms with Gasteiger partial charge in [-0.2, -0.15) is 13.2 Å². The number of H-pyrrole nitrogens is 1. The number of nitrogens with one attached hydrogen (secondary N) is 1. The van der Waals surface area contributed by atoms with Crippen molar-refractivity contribution in [1.29, 1.82) is 0 Å². The number of hydrogen-bond donors (Lipinski definition) is 2. The van der Waals surface area contributed by atoms with Crippen LogP contribution in [-0.4, -0.2) is 38.7 Å². The predicted octanol–water partition coefficient (Wildman–Crippen LogP) is 3.75. The summed E-state index contributed by atoms with van der Waals surface area (Å²) in [6.45, 7) is 5.70. The van der Waals surface area contributed by atoms with Crippen LogP contribution < -0.4 is 5.56 Å². The Morgan fingerprint density at radius 2 is 2.00 bits per heavy atom. The molecule has 0 radical (unpaired) electrons. The molecule has 1 unspecified atom stereocenters. The lowest BCUT2D eigenvalue weighted by atomic mass is 9.98. The van der Waals surface area contributed by atoms with Crippen LogP contribution in [0.2, 0.25) is 0 Å². The maximum atomic E-state index is 12.2. The Labute approximate surface area is 166 Å². The number of piperidine rings is 1. The van der Waals surface area contributed by atoms with Crippen LogP contribution in [0.15, 0.2) is 35.3 Å². The molecule has 1 aliphatic rings. The minimum absolute atomic E-state index is 0.0356.